The molecule has 1 fully saturated rings. The molecule has 0 amide bonds. The minimum atomic E-state index is -3.41. The van der Waals surface area contributed by atoms with E-state index in [0.29, 0.717) is 30.3 Å². The van der Waals surface area contributed by atoms with Crippen molar-refractivity contribution in [3.63, 3.8) is 0 Å². The Morgan fingerprint density at radius 2 is 2.14 bits per heavy atom. The molecule has 0 unspecified atom stereocenters. The van der Waals surface area contributed by atoms with Crippen molar-refractivity contribution in [1.29, 1.82) is 0 Å². The van der Waals surface area contributed by atoms with Crippen LogP contribution in [0, 0.1) is 0 Å². The summed E-state index contributed by atoms with van der Waals surface area (Å²) in [7, 11) is 0.00349. The summed E-state index contributed by atoms with van der Waals surface area (Å²) in [6.45, 7) is 1.76. The highest BCUT2D eigenvalue weighted by molar-refractivity contribution is 7.99. The van der Waals surface area contributed by atoms with Crippen LogP contribution in [0.3, 0.4) is 0 Å². The van der Waals surface area contributed by atoms with Gasteiger partial charge in [-0.05, 0) is 37.4 Å². The minimum Gasteiger partial charge on any atom is -0.496 e. The number of thioether (sulfide) groups is 1. The number of hydrogen-bond donors (Lipinski definition) is 1. The topological polar surface area (TPSA) is 58.6 Å². The molecule has 1 aromatic carbocycles. The van der Waals surface area contributed by atoms with Crippen LogP contribution < -0.4 is 10.1 Å². The van der Waals surface area contributed by atoms with Gasteiger partial charge in [-0.25, -0.2) is 8.42 Å². The van der Waals surface area contributed by atoms with E-state index < -0.39 is 10.0 Å². The first kappa shape index (κ1) is 16.6. The van der Waals surface area contributed by atoms with Gasteiger partial charge in [-0.1, -0.05) is 0 Å². The number of hydrogen-bond acceptors (Lipinski definition) is 5. The molecule has 1 N–H and O–H groups in total. The van der Waals surface area contributed by atoms with Gasteiger partial charge >= 0.3 is 0 Å². The molecule has 21 heavy (non-hydrogen) atoms. The van der Waals surface area contributed by atoms with Crippen molar-refractivity contribution in [2.75, 3.05) is 38.8 Å². The van der Waals surface area contributed by atoms with Crippen LogP contribution in [-0.4, -0.2) is 51.5 Å². The third-order valence-electron chi connectivity index (χ3n) is 3.44. The molecule has 0 bridgehead atoms. The molecule has 0 spiro atoms. The average molecular weight is 330 g/mol. The number of nitrogens with one attached hydrogen (secondary N) is 1. The fourth-order valence-electron chi connectivity index (χ4n) is 2.36. The summed E-state index contributed by atoms with van der Waals surface area (Å²) in [4.78, 5) is 0.348. The first-order chi connectivity index (χ1) is 10.1. The molecular formula is C14H22N2O3S2. The third-order valence-corrected chi connectivity index (χ3v) is 6.38. The highest BCUT2D eigenvalue weighted by atomic mass is 32.2. The number of methoxy groups -OCH3 is 1. The zero-order chi connectivity index (χ0) is 15.3. The maximum atomic E-state index is 12.8. The van der Waals surface area contributed by atoms with E-state index in [0.717, 1.165) is 23.5 Å². The van der Waals surface area contributed by atoms with Gasteiger partial charge < -0.3 is 10.1 Å². The van der Waals surface area contributed by atoms with Crippen LogP contribution in [0.2, 0.25) is 0 Å². The molecule has 0 radical (unpaired) electrons. The standard InChI is InChI=1S/C14H22N2O3S2/c1-15-11-12-10-13(4-5-14(12)19-2)21(17,18)16-6-3-8-20-9-7-16/h4-5,10,15H,3,6-9,11H2,1-2H3. The highest BCUT2D eigenvalue weighted by Crippen LogP contribution is 2.25. The van der Waals surface area contributed by atoms with E-state index in [1.54, 1.807) is 29.6 Å². The summed E-state index contributed by atoms with van der Waals surface area (Å²) in [5.41, 5.74) is 0.852. The number of nitrogens with zero attached hydrogens (tertiary/aromatic N) is 1. The summed E-state index contributed by atoms with van der Waals surface area (Å²) >= 11 is 1.81. The van der Waals surface area contributed by atoms with Gasteiger partial charge in [0.15, 0.2) is 0 Å². The molecule has 0 atom stereocenters. The van der Waals surface area contributed by atoms with Crippen LogP contribution in [0.1, 0.15) is 12.0 Å². The number of benzene rings is 1. The van der Waals surface area contributed by atoms with E-state index in [2.05, 4.69) is 5.32 Å². The highest BCUT2D eigenvalue weighted by Gasteiger charge is 2.26. The van der Waals surface area contributed by atoms with Crippen molar-refractivity contribution in [1.82, 2.24) is 9.62 Å². The maximum Gasteiger partial charge on any atom is 0.243 e. The van der Waals surface area contributed by atoms with Gasteiger partial charge in [0, 0.05) is 31.0 Å². The molecule has 118 valence electrons. The Kier molecular flexibility index (Phi) is 5.92. The predicted molar refractivity (Wildman–Crippen MR) is 86.5 cm³/mol. The van der Waals surface area contributed by atoms with E-state index in [-0.39, 0.29) is 0 Å². The molecule has 1 heterocycles. The second-order valence-electron chi connectivity index (χ2n) is 4.87. The van der Waals surface area contributed by atoms with Crippen molar-refractivity contribution in [2.45, 2.75) is 17.9 Å². The largest absolute Gasteiger partial charge is 0.496 e. The molecule has 2 rings (SSSR count). The smallest absolute Gasteiger partial charge is 0.243 e. The minimum absolute atomic E-state index is 0.348. The Bertz CT molecular complexity index is 568. The summed E-state index contributed by atoms with van der Waals surface area (Å²) < 4.78 is 32.4. The third kappa shape index (κ3) is 3.91. The molecule has 1 aliphatic heterocycles. The fraction of sp³-hybridized carbons (Fsp3) is 0.571. The first-order valence-corrected chi connectivity index (χ1v) is 9.58. The van der Waals surface area contributed by atoms with Gasteiger partial charge in [0.1, 0.15) is 5.75 Å². The lowest BCUT2D eigenvalue weighted by Crippen LogP contribution is -2.33. The molecule has 0 aromatic heterocycles. The normalized spacial score (nSPS) is 17.4. The number of rotatable bonds is 5. The molecule has 0 aliphatic carbocycles. The van der Waals surface area contributed by atoms with Gasteiger partial charge in [-0.3, -0.25) is 0 Å². The Morgan fingerprint density at radius 3 is 2.86 bits per heavy atom. The molecular weight excluding hydrogens is 308 g/mol. The van der Waals surface area contributed by atoms with E-state index in [9.17, 15) is 8.42 Å². The van der Waals surface area contributed by atoms with Crippen LogP contribution >= 0.6 is 11.8 Å². The Balaban J connectivity index is 2.32. The molecule has 0 saturated carbocycles. The number of sulfonamides is 1. The zero-order valence-electron chi connectivity index (χ0n) is 12.5. The van der Waals surface area contributed by atoms with Gasteiger partial charge in [0.2, 0.25) is 10.0 Å². The summed E-state index contributed by atoms with van der Waals surface area (Å²) in [5.74, 6) is 2.59. The molecule has 7 heteroatoms. The zero-order valence-corrected chi connectivity index (χ0v) is 14.1. The summed E-state index contributed by atoms with van der Waals surface area (Å²) in [5, 5.41) is 3.04. The van der Waals surface area contributed by atoms with Crippen molar-refractivity contribution >= 4 is 21.8 Å². The monoisotopic (exact) mass is 330 g/mol. The van der Waals surface area contributed by atoms with Gasteiger partial charge in [-0.15, -0.1) is 0 Å². The van der Waals surface area contributed by atoms with Crippen LogP contribution in [0.25, 0.3) is 0 Å². The number of ether oxygens (including phenoxy) is 1. The van der Waals surface area contributed by atoms with Gasteiger partial charge in [0.25, 0.3) is 0 Å². The van der Waals surface area contributed by atoms with Gasteiger partial charge in [0.05, 0.1) is 12.0 Å². The first-order valence-electron chi connectivity index (χ1n) is 6.99. The molecule has 1 aromatic rings. The van der Waals surface area contributed by atoms with E-state index in [4.69, 9.17) is 4.74 Å². The van der Waals surface area contributed by atoms with Crippen molar-refractivity contribution in [2.24, 2.45) is 0 Å². The lowest BCUT2D eigenvalue weighted by molar-refractivity contribution is 0.407. The van der Waals surface area contributed by atoms with Crippen molar-refractivity contribution in [3.05, 3.63) is 23.8 Å². The molecule has 5 nitrogen and oxygen atoms in total. The van der Waals surface area contributed by atoms with Crippen LogP contribution in [0.15, 0.2) is 23.1 Å². The van der Waals surface area contributed by atoms with E-state index in [1.807, 2.05) is 18.8 Å². The average Bonchev–Trinajstić information content (AvgIpc) is 2.77. The quantitative estimate of drug-likeness (QED) is 0.887. The van der Waals surface area contributed by atoms with E-state index >= 15 is 0 Å². The second kappa shape index (κ2) is 7.49. The van der Waals surface area contributed by atoms with Crippen molar-refractivity contribution in [3.8, 4) is 5.75 Å². The lowest BCUT2D eigenvalue weighted by Gasteiger charge is -2.20. The van der Waals surface area contributed by atoms with E-state index in [1.165, 1.54) is 0 Å². The molecule has 1 aliphatic rings. The van der Waals surface area contributed by atoms with Crippen LogP contribution in [-0.2, 0) is 16.6 Å². The van der Waals surface area contributed by atoms with Crippen LogP contribution in [0.4, 0.5) is 0 Å². The Morgan fingerprint density at radius 1 is 1.33 bits per heavy atom. The fourth-order valence-corrected chi connectivity index (χ4v) is 4.89. The SMILES string of the molecule is CNCc1cc(S(=O)(=O)N2CCCSCC2)ccc1OC. The second-order valence-corrected chi connectivity index (χ2v) is 8.04. The van der Waals surface area contributed by atoms with Crippen LogP contribution in [0.5, 0.6) is 5.75 Å². The summed E-state index contributed by atoms with van der Waals surface area (Å²) in [6.07, 6.45) is 0.906. The molecule has 1 saturated heterocycles. The Labute approximate surface area is 131 Å². The maximum absolute atomic E-state index is 12.8. The summed E-state index contributed by atoms with van der Waals surface area (Å²) in [6, 6.07) is 5.07. The Hall–Kier alpha value is -0.760. The van der Waals surface area contributed by atoms with Gasteiger partial charge in [-0.2, -0.15) is 16.1 Å². The lowest BCUT2D eigenvalue weighted by atomic mass is 10.2. The van der Waals surface area contributed by atoms with Crippen molar-refractivity contribution < 1.29 is 13.2 Å². The predicted octanol–water partition coefficient (Wildman–Crippen LogP) is 1.54.